The number of pyridine rings is 1. The Kier molecular flexibility index (Phi) is 8.80. The van der Waals surface area contributed by atoms with Gasteiger partial charge in [-0.25, -0.2) is 9.78 Å². The molecule has 0 saturated heterocycles. The normalized spacial score (nSPS) is 11.1. The van der Waals surface area contributed by atoms with Crippen LogP contribution in [0, 0.1) is 0 Å². The first kappa shape index (κ1) is 23.3. The van der Waals surface area contributed by atoms with Gasteiger partial charge in [0.1, 0.15) is 6.61 Å². The monoisotopic (exact) mass is 414 g/mol. The maximum atomic E-state index is 12.4. The Morgan fingerprint density at radius 2 is 1.67 bits per heavy atom. The predicted octanol–water partition coefficient (Wildman–Crippen LogP) is 4.48. The van der Waals surface area contributed by atoms with Crippen molar-refractivity contribution in [2.75, 3.05) is 25.1 Å². The third-order valence-electron chi connectivity index (χ3n) is 3.98. The molecule has 1 aromatic carbocycles. The third-order valence-corrected chi connectivity index (χ3v) is 3.98. The van der Waals surface area contributed by atoms with E-state index >= 15 is 0 Å². The number of anilines is 1. The van der Waals surface area contributed by atoms with Crippen molar-refractivity contribution in [1.82, 2.24) is 4.98 Å². The largest absolute Gasteiger partial charge is 0.475 e. The lowest BCUT2D eigenvalue weighted by molar-refractivity contribution is -0.0168. The first-order chi connectivity index (χ1) is 14.3. The number of rotatable bonds is 10. The van der Waals surface area contributed by atoms with Gasteiger partial charge in [0.15, 0.2) is 0 Å². The fourth-order valence-electron chi connectivity index (χ4n) is 2.38. The Morgan fingerprint density at radius 1 is 0.967 bits per heavy atom. The Labute approximate surface area is 177 Å². The number of hydrogen-bond acceptors (Lipinski definition) is 6. The lowest BCUT2D eigenvalue weighted by Crippen LogP contribution is -2.22. The van der Waals surface area contributed by atoms with Crippen LogP contribution in [0.2, 0.25) is 0 Å². The number of ether oxygens (including phenoxy) is 3. The molecule has 0 fully saturated rings. The minimum atomic E-state index is -0.367. The quantitative estimate of drug-likeness (QED) is 0.455. The highest BCUT2D eigenvalue weighted by Crippen LogP contribution is 2.14. The number of nitrogens with zero attached hydrogens (tertiary/aromatic N) is 1. The molecule has 2 aromatic rings. The van der Waals surface area contributed by atoms with E-state index < -0.39 is 0 Å². The molecule has 1 aromatic heterocycles. The molecule has 0 bridgehead atoms. The molecule has 30 heavy (non-hydrogen) atoms. The lowest BCUT2D eigenvalue weighted by atomic mass is 10.2. The van der Waals surface area contributed by atoms with Gasteiger partial charge >= 0.3 is 5.97 Å². The van der Waals surface area contributed by atoms with Crippen LogP contribution < -0.4 is 10.1 Å². The van der Waals surface area contributed by atoms with Gasteiger partial charge < -0.3 is 19.5 Å². The lowest BCUT2D eigenvalue weighted by Gasteiger charge is -2.19. The van der Waals surface area contributed by atoms with Crippen LogP contribution in [0.5, 0.6) is 5.88 Å². The molecule has 1 heterocycles. The van der Waals surface area contributed by atoms with E-state index in [-0.39, 0.29) is 17.5 Å². The van der Waals surface area contributed by atoms with Crippen molar-refractivity contribution < 1.29 is 23.8 Å². The van der Waals surface area contributed by atoms with Crippen molar-refractivity contribution >= 4 is 17.6 Å². The van der Waals surface area contributed by atoms with E-state index in [9.17, 15) is 9.59 Å². The van der Waals surface area contributed by atoms with Crippen LogP contribution in [0.4, 0.5) is 5.69 Å². The molecule has 0 aliphatic heterocycles. The number of hydrogen-bond donors (Lipinski definition) is 1. The number of aromatic nitrogens is 1. The number of benzene rings is 1. The highest BCUT2D eigenvalue weighted by atomic mass is 16.5. The van der Waals surface area contributed by atoms with E-state index in [1.165, 1.54) is 6.20 Å². The van der Waals surface area contributed by atoms with Crippen LogP contribution in [0.1, 0.15) is 61.3 Å². The molecule has 0 spiro atoms. The summed E-state index contributed by atoms with van der Waals surface area (Å²) in [7, 11) is 0. The second-order valence-electron chi connectivity index (χ2n) is 7.72. The molecule has 7 nitrogen and oxygen atoms in total. The van der Waals surface area contributed by atoms with Crippen LogP contribution in [-0.2, 0) is 9.47 Å². The summed E-state index contributed by atoms with van der Waals surface area (Å²) in [6.45, 7) is 9.20. The van der Waals surface area contributed by atoms with Crippen LogP contribution in [-0.4, -0.2) is 42.3 Å². The minimum absolute atomic E-state index is 0.216. The summed E-state index contributed by atoms with van der Waals surface area (Å²) in [6, 6.07) is 9.85. The second kappa shape index (κ2) is 11.3. The summed E-state index contributed by atoms with van der Waals surface area (Å²) in [6.07, 6.45) is 3.25. The van der Waals surface area contributed by atoms with Crippen molar-refractivity contribution in [2.45, 2.75) is 46.1 Å². The highest BCUT2D eigenvalue weighted by Gasteiger charge is 2.11. The van der Waals surface area contributed by atoms with Crippen molar-refractivity contribution in [3.05, 3.63) is 53.7 Å². The molecule has 2 rings (SSSR count). The smallest absolute Gasteiger partial charge is 0.338 e. The maximum absolute atomic E-state index is 12.4. The van der Waals surface area contributed by atoms with Gasteiger partial charge in [-0.3, -0.25) is 4.79 Å². The zero-order chi connectivity index (χ0) is 22.0. The number of unbranched alkanes of at least 4 members (excludes halogenated alkanes) is 1. The van der Waals surface area contributed by atoms with E-state index in [1.807, 2.05) is 27.7 Å². The van der Waals surface area contributed by atoms with E-state index in [1.54, 1.807) is 36.4 Å². The molecule has 0 unspecified atom stereocenters. The van der Waals surface area contributed by atoms with Crippen molar-refractivity contribution in [3.63, 3.8) is 0 Å². The number of nitrogens with one attached hydrogen (secondary N) is 1. The fourth-order valence-corrected chi connectivity index (χ4v) is 2.38. The van der Waals surface area contributed by atoms with E-state index in [0.717, 1.165) is 12.8 Å². The van der Waals surface area contributed by atoms with Crippen molar-refractivity contribution in [1.29, 1.82) is 0 Å². The van der Waals surface area contributed by atoms with Gasteiger partial charge in [-0.1, -0.05) is 13.3 Å². The molecule has 0 aliphatic carbocycles. The summed E-state index contributed by atoms with van der Waals surface area (Å²) >= 11 is 0. The molecule has 1 amide bonds. The Balaban J connectivity index is 1.83. The zero-order valence-electron chi connectivity index (χ0n) is 18.1. The second-order valence-corrected chi connectivity index (χ2v) is 7.72. The third kappa shape index (κ3) is 8.21. The van der Waals surface area contributed by atoms with Crippen LogP contribution >= 0.6 is 0 Å². The average Bonchev–Trinajstić information content (AvgIpc) is 2.71. The Morgan fingerprint density at radius 3 is 2.27 bits per heavy atom. The highest BCUT2D eigenvalue weighted by molar-refractivity contribution is 6.04. The standard InChI is InChI=1S/C23H30N2O5/c1-5-6-13-29-22(27)17-7-10-19(11-8-17)25-21(26)18-9-12-20(24-16-18)28-14-15-30-23(2,3)4/h7-12,16H,5-6,13-15H2,1-4H3,(H,25,26). The molecule has 162 valence electrons. The topological polar surface area (TPSA) is 86.8 Å². The molecule has 0 saturated carbocycles. The van der Waals surface area contributed by atoms with Crippen LogP contribution in [0.15, 0.2) is 42.6 Å². The van der Waals surface area contributed by atoms with Gasteiger partial charge in [-0.2, -0.15) is 0 Å². The summed E-state index contributed by atoms with van der Waals surface area (Å²) in [5, 5.41) is 2.77. The molecule has 7 heteroatoms. The Hall–Kier alpha value is -2.93. The van der Waals surface area contributed by atoms with Gasteiger partial charge in [0.25, 0.3) is 5.91 Å². The van der Waals surface area contributed by atoms with Gasteiger partial charge in [0, 0.05) is 18.0 Å². The predicted molar refractivity (Wildman–Crippen MR) is 115 cm³/mol. The molecule has 0 atom stereocenters. The number of carbonyl (C=O) groups is 2. The number of esters is 1. The van der Waals surface area contributed by atoms with Gasteiger partial charge in [0.05, 0.1) is 29.9 Å². The van der Waals surface area contributed by atoms with E-state index in [0.29, 0.717) is 42.5 Å². The molecular weight excluding hydrogens is 384 g/mol. The average molecular weight is 415 g/mol. The van der Waals surface area contributed by atoms with E-state index in [4.69, 9.17) is 14.2 Å². The maximum Gasteiger partial charge on any atom is 0.338 e. The molecular formula is C23H30N2O5. The minimum Gasteiger partial charge on any atom is -0.475 e. The molecule has 1 N–H and O–H groups in total. The molecule has 0 radical (unpaired) electrons. The molecule has 0 aliphatic rings. The summed E-state index contributed by atoms with van der Waals surface area (Å²) in [5.74, 6) is -0.243. The zero-order valence-corrected chi connectivity index (χ0v) is 18.1. The van der Waals surface area contributed by atoms with Gasteiger partial charge in [-0.05, 0) is 57.5 Å². The summed E-state index contributed by atoms with van der Waals surface area (Å²) in [5.41, 5.74) is 1.20. The van der Waals surface area contributed by atoms with Gasteiger partial charge in [0.2, 0.25) is 5.88 Å². The van der Waals surface area contributed by atoms with Crippen molar-refractivity contribution in [3.8, 4) is 5.88 Å². The van der Waals surface area contributed by atoms with Crippen LogP contribution in [0.3, 0.4) is 0 Å². The summed E-state index contributed by atoms with van der Waals surface area (Å²) < 4.78 is 16.3. The number of amides is 1. The first-order valence-corrected chi connectivity index (χ1v) is 10.1. The van der Waals surface area contributed by atoms with E-state index in [2.05, 4.69) is 10.3 Å². The van der Waals surface area contributed by atoms with Gasteiger partial charge in [-0.15, -0.1) is 0 Å². The number of carbonyl (C=O) groups excluding carboxylic acids is 2. The Bertz CT molecular complexity index is 811. The summed E-state index contributed by atoms with van der Waals surface area (Å²) in [4.78, 5) is 28.4. The fraction of sp³-hybridized carbons (Fsp3) is 0.435. The van der Waals surface area contributed by atoms with Crippen LogP contribution in [0.25, 0.3) is 0 Å². The SMILES string of the molecule is CCCCOC(=O)c1ccc(NC(=O)c2ccc(OCCOC(C)(C)C)nc2)cc1. The first-order valence-electron chi connectivity index (χ1n) is 10.1. The van der Waals surface area contributed by atoms with Crippen molar-refractivity contribution in [2.24, 2.45) is 0 Å².